The van der Waals surface area contributed by atoms with E-state index in [1.807, 2.05) is 13.8 Å². The number of primary amides is 1. The molecule has 0 spiro atoms. The summed E-state index contributed by atoms with van der Waals surface area (Å²) in [7, 11) is 0. The lowest BCUT2D eigenvalue weighted by Gasteiger charge is -2.07. The first kappa shape index (κ1) is 12.9. The van der Waals surface area contributed by atoms with Crippen molar-refractivity contribution < 1.29 is 9.59 Å². The molecule has 0 unspecified atom stereocenters. The van der Waals surface area contributed by atoms with Crippen LogP contribution in [0.1, 0.15) is 20.3 Å². The van der Waals surface area contributed by atoms with Gasteiger partial charge in [0.2, 0.25) is 11.8 Å². The van der Waals surface area contributed by atoms with Crippen LogP contribution in [0.2, 0.25) is 0 Å². The van der Waals surface area contributed by atoms with E-state index in [2.05, 4.69) is 10.6 Å². The minimum Gasteiger partial charge on any atom is -0.370 e. The first-order valence-electron chi connectivity index (χ1n) is 4.78. The topological polar surface area (TPSA) is 84.2 Å². The molecule has 0 aliphatic carbocycles. The minimum absolute atomic E-state index is 0.0526. The maximum absolute atomic E-state index is 11.1. The third-order valence-corrected chi connectivity index (χ3v) is 1.54. The number of rotatable bonds is 7. The summed E-state index contributed by atoms with van der Waals surface area (Å²) in [5.41, 5.74) is 4.93. The van der Waals surface area contributed by atoms with Gasteiger partial charge in [0, 0.05) is 19.5 Å². The number of nitrogens with two attached hydrogens (primary N) is 1. The van der Waals surface area contributed by atoms with Crippen LogP contribution >= 0.6 is 0 Å². The fourth-order valence-corrected chi connectivity index (χ4v) is 0.794. The number of hydrogen-bond donors (Lipinski definition) is 3. The van der Waals surface area contributed by atoms with E-state index in [0.29, 0.717) is 19.0 Å². The SMILES string of the molecule is CC(C)CNC(=O)CNCCC(N)=O. The lowest BCUT2D eigenvalue weighted by Crippen LogP contribution is -2.36. The van der Waals surface area contributed by atoms with E-state index in [1.54, 1.807) is 0 Å². The smallest absolute Gasteiger partial charge is 0.233 e. The van der Waals surface area contributed by atoms with Gasteiger partial charge in [0.05, 0.1) is 6.54 Å². The summed E-state index contributed by atoms with van der Waals surface area (Å²) in [6.45, 7) is 5.42. The van der Waals surface area contributed by atoms with E-state index in [9.17, 15) is 9.59 Å². The average Bonchev–Trinajstić information content (AvgIpc) is 2.08. The monoisotopic (exact) mass is 201 g/mol. The second-order valence-corrected chi connectivity index (χ2v) is 3.59. The van der Waals surface area contributed by atoms with Gasteiger partial charge in [-0.05, 0) is 5.92 Å². The molecule has 0 aromatic carbocycles. The van der Waals surface area contributed by atoms with Crippen LogP contribution in [-0.2, 0) is 9.59 Å². The van der Waals surface area contributed by atoms with Gasteiger partial charge in [-0.2, -0.15) is 0 Å². The normalized spacial score (nSPS) is 10.2. The van der Waals surface area contributed by atoms with Crippen molar-refractivity contribution >= 4 is 11.8 Å². The van der Waals surface area contributed by atoms with E-state index < -0.39 is 0 Å². The maximum Gasteiger partial charge on any atom is 0.233 e. The summed E-state index contributed by atoms with van der Waals surface area (Å²) in [5.74, 6) is 0.0350. The Bertz CT molecular complexity index is 192. The Morgan fingerprint density at radius 3 is 2.50 bits per heavy atom. The highest BCUT2D eigenvalue weighted by Crippen LogP contribution is 1.86. The van der Waals surface area contributed by atoms with Crippen LogP contribution in [-0.4, -0.2) is 31.4 Å². The van der Waals surface area contributed by atoms with E-state index in [4.69, 9.17) is 5.73 Å². The fraction of sp³-hybridized carbons (Fsp3) is 0.778. The predicted octanol–water partition coefficient (Wildman–Crippen LogP) is -0.776. The molecule has 0 saturated carbocycles. The average molecular weight is 201 g/mol. The molecule has 5 nitrogen and oxygen atoms in total. The summed E-state index contributed by atoms with van der Waals surface area (Å²) in [6, 6.07) is 0. The molecule has 0 radical (unpaired) electrons. The van der Waals surface area contributed by atoms with E-state index in [1.165, 1.54) is 0 Å². The van der Waals surface area contributed by atoms with Crippen LogP contribution in [0.4, 0.5) is 0 Å². The van der Waals surface area contributed by atoms with Crippen molar-refractivity contribution in [1.82, 2.24) is 10.6 Å². The third kappa shape index (κ3) is 8.99. The highest BCUT2D eigenvalue weighted by atomic mass is 16.2. The molecule has 5 heteroatoms. The molecule has 0 aliphatic rings. The van der Waals surface area contributed by atoms with E-state index in [-0.39, 0.29) is 24.8 Å². The Balaban J connectivity index is 3.31. The Hall–Kier alpha value is -1.10. The molecule has 0 fully saturated rings. The molecular formula is C9H19N3O2. The Kier molecular flexibility index (Phi) is 6.74. The number of carbonyl (C=O) groups excluding carboxylic acids is 2. The molecule has 0 heterocycles. The number of amides is 2. The van der Waals surface area contributed by atoms with Crippen LogP contribution < -0.4 is 16.4 Å². The van der Waals surface area contributed by atoms with Gasteiger partial charge in [-0.15, -0.1) is 0 Å². The Morgan fingerprint density at radius 2 is 2.00 bits per heavy atom. The highest BCUT2D eigenvalue weighted by molar-refractivity contribution is 5.78. The van der Waals surface area contributed by atoms with Crippen LogP contribution in [0.5, 0.6) is 0 Å². The molecule has 0 bridgehead atoms. The van der Waals surface area contributed by atoms with Crippen molar-refractivity contribution in [2.45, 2.75) is 20.3 Å². The van der Waals surface area contributed by atoms with Crippen LogP contribution in [0.15, 0.2) is 0 Å². The number of nitrogens with one attached hydrogen (secondary N) is 2. The summed E-state index contributed by atoms with van der Waals surface area (Å²) in [4.78, 5) is 21.4. The van der Waals surface area contributed by atoms with Gasteiger partial charge in [-0.25, -0.2) is 0 Å². The number of hydrogen-bond acceptors (Lipinski definition) is 3. The van der Waals surface area contributed by atoms with Gasteiger partial charge < -0.3 is 16.4 Å². The molecule has 4 N–H and O–H groups in total. The van der Waals surface area contributed by atoms with Crippen LogP contribution in [0.3, 0.4) is 0 Å². The third-order valence-electron chi connectivity index (χ3n) is 1.54. The first-order valence-corrected chi connectivity index (χ1v) is 4.78. The zero-order valence-corrected chi connectivity index (χ0v) is 8.80. The van der Waals surface area contributed by atoms with Crippen molar-refractivity contribution in [2.24, 2.45) is 11.7 Å². The molecule has 2 amide bonds. The fourth-order valence-electron chi connectivity index (χ4n) is 0.794. The van der Waals surface area contributed by atoms with Crippen molar-refractivity contribution in [3.63, 3.8) is 0 Å². The van der Waals surface area contributed by atoms with Gasteiger partial charge in [0.1, 0.15) is 0 Å². The van der Waals surface area contributed by atoms with Gasteiger partial charge in [-0.3, -0.25) is 9.59 Å². The standard InChI is InChI=1S/C9H19N3O2/c1-7(2)5-12-9(14)6-11-4-3-8(10)13/h7,11H,3-6H2,1-2H3,(H2,10,13)(H,12,14). The van der Waals surface area contributed by atoms with Crippen molar-refractivity contribution in [3.8, 4) is 0 Å². The van der Waals surface area contributed by atoms with Gasteiger partial charge in [0.15, 0.2) is 0 Å². The van der Waals surface area contributed by atoms with Gasteiger partial charge >= 0.3 is 0 Å². The van der Waals surface area contributed by atoms with Crippen LogP contribution in [0.25, 0.3) is 0 Å². The second kappa shape index (κ2) is 7.32. The Labute approximate surface area is 84.4 Å². The van der Waals surface area contributed by atoms with E-state index >= 15 is 0 Å². The quantitative estimate of drug-likeness (QED) is 0.473. The van der Waals surface area contributed by atoms with Crippen molar-refractivity contribution in [2.75, 3.05) is 19.6 Å². The molecular weight excluding hydrogens is 182 g/mol. The molecule has 14 heavy (non-hydrogen) atoms. The van der Waals surface area contributed by atoms with Crippen molar-refractivity contribution in [3.05, 3.63) is 0 Å². The molecule has 0 aliphatic heterocycles. The van der Waals surface area contributed by atoms with Gasteiger partial charge in [-0.1, -0.05) is 13.8 Å². The molecule has 0 aromatic heterocycles. The highest BCUT2D eigenvalue weighted by Gasteiger charge is 2.01. The second-order valence-electron chi connectivity index (χ2n) is 3.59. The molecule has 0 aromatic rings. The summed E-state index contributed by atoms with van der Waals surface area (Å²) in [5, 5.41) is 5.58. The first-order chi connectivity index (χ1) is 6.52. The Morgan fingerprint density at radius 1 is 1.36 bits per heavy atom. The van der Waals surface area contributed by atoms with Crippen molar-refractivity contribution in [1.29, 1.82) is 0 Å². The summed E-state index contributed by atoms with van der Waals surface area (Å²) < 4.78 is 0. The minimum atomic E-state index is -0.361. The molecule has 0 saturated heterocycles. The lowest BCUT2D eigenvalue weighted by atomic mass is 10.2. The summed E-state index contributed by atoms with van der Waals surface area (Å²) in [6.07, 6.45) is 0.261. The molecule has 0 atom stereocenters. The maximum atomic E-state index is 11.1. The molecule has 0 rings (SSSR count). The van der Waals surface area contributed by atoms with Gasteiger partial charge in [0.25, 0.3) is 0 Å². The summed E-state index contributed by atoms with van der Waals surface area (Å²) >= 11 is 0. The largest absolute Gasteiger partial charge is 0.370 e. The van der Waals surface area contributed by atoms with Crippen LogP contribution in [0, 0.1) is 5.92 Å². The zero-order chi connectivity index (χ0) is 11.0. The van der Waals surface area contributed by atoms with E-state index in [0.717, 1.165) is 0 Å². The zero-order valence-electron chi connectivity index (χ0n) is 8.80. The predicted molar refractivity (Wildman–Crippen MR) is 54.5 cm³/mol. The lowest BCUT2D eigenvalue weighted by molar-refractivity contribution is -0.121. The molecule has 82 valence electrons. The number of carbonyl (C=O) groups is 2.